The third-order valence-electron chi connectivity index (χ3n) is 7.51. The van der Waals surface area contributed by atoms with Crippen LogP contribution in [-0.4, -0.2) is 27.0 Å². The Morgan fingerprint density at radius 1 is 0.976 bits per heavy atom. The second-order valence-electron chi connectivity index (χ2n) is 10.5. The number of benzene rings is 3. The molecular formula is C30H32F3N3O4S. The van der Waals surface area contributed by atoms with Crippen molar-refractivity contribution in [3.8, 4) is 5.75 Å². The lowest BCUT2D eigenvalue weighted by atomic mass is 9.93. The van der Waals surface area contributed by atoms with Crippen LogP contribution < -0.4 is 20.1 Å². The van der Waals surface area contributed by atoms with Gasteiger partial charge in [0.15, 0.2) is 0 Å². The van der Waals surface area contributed by atoms with Crippen LogP contribution in [0.25, 0.3) is 0 Å². The summed E-state index contributed by atoms with van der Waals surface area (Å²) in [6.07, 6.45) is -0.768. The van der Waals surface area contributed by atoms with Crippen LogP contribution in [0, 0.1) is 0 Å². The van der Waals surface area contributed by atoms with Gasteiger partial charge in [0.1, 0.15) is 5.75 Å². The van der Waals surface area contributed by atoms with Crippen molar-refractivity contribution >= 4 is 15.9 Å². The summed E-state index contributed by atoms with van der Waals surface area (Å²) in [7, 11) is -4.39. The van der Waals surface area contributed by atoms with E-state index in [1.165, 1.54) is 19.3 Å². The van der Waals surface area contributed by atoms with E-state index in [0.717, 1.165) is 35.9 Å². The molecule has 1 fully saturated rings. The van der Waals surface area contributed by atoms with Crippen molar-refractivity contribution in [3.63, 3.8) is 0 Å². The molecule has 0 radical (unpaired) electrons. The minimum absolute atomic E-state index is 0.252. The van der Waals surface area contributed by atoms with Gasteiger partial charge in [0, 0.05) is 31.0 Å². The average Bonchev–Trinajstić information content (AvgIpc) is 2.92. The molecule has 0 spiro atoms. The third-order valence-corrected chi connectivity index (χ3v) is 8.98. The number of sulfonamides is 1. The number of alkyl halides is 3. The summed E-state index contributed by atoms with van der Waals surface area (Å²) >= 11 is 0. The third kappa shape index (κ3) is 7.27. The maximum Gasteiger partial charge on any atom is 0.416 e. The lowest BCUT2D eigenvalue weighted by molar-refractivity contribution is -0.137. The molecule has 3 aromatic rings. The Balaban J connectivity index is 1.30. The van der Waals surface area contributed by atoms with Crippen molar-refractivity contribution in [2.45, 2.75) is 67.8 Å². The van der Waals surface area contributed by atoms with E-state index in [0.29, 0.717) is 36.4 Å². The van der Waals surface area contributed by atoms with Crippen molar-refractivity contribution in [1.29, 1.82) is 0 Å². The average molecular weight is 588 g/mol. The zero-order valence-corrected chi connectivity index (χ0v) is 23.1. The molecule has 0 saturated heterocycles. The summed E-state index contributed by atoms with van der Waals surface area (Å²) in [5.41, 5.74) is 1.37. The van der Waals surface area contributed by atoms with E-state index in [1.807, 2.05) is 18.2 Å². The highest BCUT2D eigenvalue weighted by Crippen LogP contribution is 2.34. The lowest BCUT2D eigenvalue weighted by Crippen LogP contribution is -2.37. The predicted molar refractivity (Wildman–Crippen MR) is 147 cm³/mol. The molecule has 0 bridgehead atoms. The van der Waals surface area contributed by atoms with Gasteiger partial charge in [-0.2, -0.15) is 13.2 Å². The molecule has 1 aliphatic carbocycles. The van der Waals surface area contributed by atoms with Gasteiger partial charge in [0.05, 0.1) is 29.1 Å². The van der Waals surface area contributed by atoms with Crippen LogP contribution in [0.15, 0.2) is 77.7 Å². The SMILES string of the molecule is O=C(C[C@@H](NS(=O)(=O)c1cccc(C(F)(F)F)c1)c1ccccc1)N[C@@H]1CCOc2cc(CNC3CCC3)ccc21. The van der Waals surface area contributed by atoms with Crippen LogP contribution in [0.5, 0.6) is 5.75 Å². The summed E-state index contributed by atoms with van der Waals surface area (Å²) < 4.78 is 74.3. The highest BCUT2D eigenvalue weighted by molar-refractivity contribution is 7.89. The summed E-state index contributed by atoms with van der Waals surface area (Å²) in [4.78, 5) is 12.7. The highest BCUT2D eigenvalue weighted by atomic mass is 32.2. The zero-order valence-electron chi connectivity index (χ0n) is 22.3. The molecule has 218 valence electrons. The first-order chi connectivity index (χ1) is 19.6. The van der Waals surface area contributed by atoms with Gasteiger partial charge < -0.3 is 15.4 Å². The fraction of sp³-hybridized carbons (Fsp3) is 0.367. The quantitative estimate of drug-likeness (QED) is 0.295. The first-order valence-electron chi connectivity index (χ1n) is 13.6. The van der Waals surface area contributed by atoms with Crippen LogP contribution in [0.4, 0.5) is 13.2 Å². The van der Waals surface area contributed by atoms with E-state index in [4.69, 9.17) is 4.74 Å². The van der Waals surface area contributed by atoms with E-state index in [-0.39, 0.29) is 12.5 Å². The van der Waals surface area contributed by atoms with Gasteiger partial charge in [-0.15, -0.1) is 0 Å². The second kappa shape index (κ2) is 12.2. The van der Waals surface area contributed by atoms with Crippen molar-refractivity contribution in [2.24, 2.45) is 0 Å². The number of fused-ring (bicyclic) bond motifs is 1. The van der Waals surface area contributed by atoms with Crippen LogP contribution in [-0.2, 0) is 27.5 Å². The zero-order chi connectivity index (χ0) is 29.0. The summed E-state index contributed by atoms with van der Waals surface area (Å²) in [5.74, 6) is 0.304. The van der Waals surface area contributed by atoms with Gasteiger partial charge >= 0.3 is 6.18 Å². The first-order valence-corrected chi connectivity index (χ1v) is 15.1. The fourth-order valence-corrected chi connectivity index (χ4v) is 6.28. The van der Waals surface area contributed by atoms with Crippen LogP contribution >= 0.6 is 0 Å². The number of amides is 1. The first kappa shape index (κ1) is 29.1. The number of halogens is 3. The van der Waals surface area contributed by atoms with Gasteiger partial charge in [0.25, 0.3) is 0 Å². The molecule has 1 aliphatic heterocycles. The molecule has 1 saturated carbocycles. The summed E-state index contributed by atoms with van der Waals surface area (Å²) in [5, 5.41) is 6.53. The van der Waals surface area contributed by atoms with E-state index in [1.54, 1.807) is 30.3 Å². The molecule has 7 nitrogen and oxygen atoms in total. The molecular weight excluding hydrogens is 555 g/mol. The van der Waals surface area contributed by atoms with E-state index in [2.05, 4.69) is 15.4 Å². The number of carbonyl (C=O) groups is 1. The molecule has 2 atom stereocenters. The van der Waals surface area contributed by atoms with Gasteiger partial charge in [-0.05, 0) is 48.2 Å². The monoisotopic (exact) mass is 587 g/mol. The van der Waals surface area contributed by atoms with Gasteiger partial charge in [-0.25, -0.2) is 13.1 Å². The number of ether oxygens (including phenoxy) is 1. The van der Waals surface area contributed by atoms with Crippen LogP contribution in [0.3, 0.4) is 0 Å². The van der Waals surface area contributed by atoms with Crippen LogP contribution in [0.1, 0.15) is 66.4 Å². The topological polar surface area (TPSA) is 96.5 Å². The van der Waals surface area contributed by atoms with Crippen molar-refractivity contribution in [3.05, 3.63) is 95.1 Å². The maximum atomic E-state index is 13.3. The Morgan fingerprint density at radius 2 is 1.76 bits per heavy atom. The predicted octanol–water partition coefficient (Wildman–Crippen LogP) is 5.40. The molecule has 3 N–H and O–H groups in total. The summed E-state index contributed by atoms with van der Waals surface area (Å²) in [6, 6.07) is 17.2. The van der Waals surface area contributed by atoms with E-state index in [9.17, 15) is 26.4 Å². The van der Waals surface area contributed by atoms with Gasteiger partial charge in [-0.1, -0.05) is 55.0 Å². The maximum absolute atomic E-state index is 13.3. The number of hydrogen-bond acceptors (Lipinski definition) is 5. The number of carbonyl (C=O) groups excluding carboxylic acids is 1. The molecule has 41 heavy (non-hydrogen) atoms. The van der Waals surface area contributed by atoms with Crippen molar-refractivity contribution < 1.29 is 31.1 Å². The molecule has 1 heterocycles. The highest BCUT2D eigenvalue weighted by Gasteiger charge is 2.33. The Bertz CT molecular complexity index is 1480. The Labute approximate surface area is 237 Å². The lowest BCUT2D eigenvalue weighted by Gasteiger charge is -2.29. The molecule has 5 rings (SSSR count). The number of hydrogen-bond donors (Lipinski definition) is 3. The summed E-state index contributed by atoms with van der Waals surface area (Å²) in [6.45, 7) is 1.16. The van der Waals surface area contributed by atoms with Crippen molar-refractivity contribution in [1.82, 2.24) is 15.4 Å². The molecule has 1 amide bonds. The normalized spacial score (nSPS) is 18.1. The Kier molecular flexibility index (Phi) is 8.67. The smallest absolute Gasteiger partial charge is 0.416 e. The van der Waals surface area contributed by atoms with Gasteiger partial charge in [-0.3, -0.25) is 4.79 Å². The Morgan fingerprint density at radius 3 is 2.46 bits per heavy atom. The fourth-order valence-electron chi connectivity index (χ4n) is 5.01. The minimum atomic E-state index is -4.70. The Hall–Kier alpha value is -3.41. The largest absolute Gasteiger partial charge is 0.493 e. The molecule has 11 heteroatoms. The minimum Gasteiger partial charge on any atom is -0.493 e. The molecule has 2 aliphatic rings. The second-order valence-corrected chi connectivity index (χ2v) is 12.2. The number of nitrogens with one attached hydrogen (secondary N) is 3. The van der Waals surface area contributed by atoms with Crippen LogP contribution in [0.2, 0.25) is 0 Å². The van der Waals surface area contributed by atoms with Gasteiger partial charge in [0.2, 0.25) is 15.9 Å². The molecule has 3 aromatic carbocycles. The standard InChI is InChI=1S/C30H32F3N3O4S/c31-30(32,33)22-8-4-11-24(17-22)41(38,39)36-27(21-6-2-1-3-7-21)18-29(37)35-26-14-15-40-28-16-20(12-13-25(26)28)19-34-23-9-5-10-23/h1-4,6-8,11-13,16-17,23,26-27,34,36H,5,9-10,14-15,18-19H2,(H,35,37)/t26-,27-/m1/s1. The van der Waals surface area contributed by atoms with E-state index >= 15 is 0 Å². The van der Waals surface area contributed by atoms with E-state index < -0.39 is 38.6 Å². The molecule has 0 aromatic heterocycles. The molecule has 0 unspecified atom stereocenters. The van der Waals surface area contributed by atoms with Crippen molar-refractivity contribution in [2.75, 3.05) is 6.61 Å². The number of rotatable bonds is 10.